The quantitative estimate of drug-likeness (QED) is 0.840. The molecule has 0 aliphatic heterocycles. The van der Waals surface area contributed by atoms with E-state index in [-0.39, 0.29) is 0 Å². The van der Waals surface area contributed by atoms with Gasteiger partial charge in [0.2, 0.25) is 0 Å². The lowest BCUT2D eigenvalue weighted by molar-refractivity contribution is 0.185. The second-order valence-corrected chi connectivity index (χ2v) is 5.28. The van der Waals surface area contributed by atoms with Gasteiger partial charge in [-0.15, -0.1) is 5.10 Å². The zero-order valence-corrected chi connectivity index (χ0v) is 12.3. The summed E-state index contributed by atoms with van der Waals surface area (Å²) in [7, 11) is 1.70. The summed E-state index contributed by atoms with van der Waals surface area (Å²) in [4.78, 5) is 0. The van der Waals surface area contributed by atoms with E-state index < -0.39 is 0 Å². The van der Waals surface area contributed by atoms with Crippen LogP contribution in [0.1, 0.15) is 25.1 Å². The van der Waals surface area contributed by atoms with Crippen molar-refractivity contribution in [3.05, 3.63) is 41.7 Å². The number of hydrogen-bond donors (Lipinski definition) is 1. The maximum absolute atomic E-state index is 5.14. The van der Waals surface area contributed by atoms with Crippen LogP contribution < -0.4 is 5.32 Å². The number of nitrogens with one attached hydrogen (secondary N) is 1. The van der Waals surface area contributed by atoms with Crippen molar-refractivity contribution in [1.29, 1.82) is 0 Å². The Morgan fingerprint density at radius 1 is 1.35 bits per heavy atom. The first-order valence-corrected chi connectivity index (χ1v) is 6.89. The molecular weight excluding hydrogens is 252 g/mol. The summed E-state index contributed by atoms with van der Waals surface area (Å²) < 4.78 is 6.94. The highest BCUT2D eigenvalue weighted by Gasteiger charge is 2.04. The van der Waals surface area contributed by atoms with E-state index in [1.807, 2.05) is 24.4 Å². The highest BCUT2D eigenvalue weighted by atomic mass is 16.5. The van der Waals surface area contributed by atoms with E-state index in [0.29, 0.717) is 12.5 Å². The Bertz CT molecular complexity index is 536. The van der Waals surface area contributed by atoms with Crippen molar-refractivity contribution in [2.45, 2.75) is 27.0 Å². The van der Waals surface area contributed by atoms with Gasteiger partial charge in [-0.25, -0.2) is 4.68 Å². The fourth-order valence-electron chi connectivity index (χ4n) is 1.95. The molecule has 0 aliphatic rings. The molecule has 2 rings (SSSR count). The summed E-state index contributed by atoms with van der Waals surface area (Å²) in [6.45, 7) is 6.70. The average molecular weight is 274 g/mol. The number of benzene rings is 1. The minimum Gasteiger partial charge on any atom is -0.380 e. The Balaban J connectivity index is 2.02. The van der Waals surface area contributed by atoms with Gasteiger partial charge in [0.15, 0.2) is 0 Å². The summed E-state index contributed by atoms with van der Waals surface area (Å²) in [6, 6.07) is 8.11. The highest BCUT2D eigenvalue weighted by molar-refractivity contribution is 5.34. The molecule has 0 saturated heterocycles. The molecule has 0 fully saturated rings. The SMILES string of the molecule is COCc1cccc(-n2cc(CNCC(C)C)nn2)c1. The van der Waals surface area contributed by atoms with Crippen molar-refractivity contribution in [1.82, 2.24) is 20.3 Å². The van der Waals surface area contributed by atoms with Crippen LogP contribution in [0.25, 0.3) is 5.69 Å². The van der Waals surface area contributed by atoms with Crippen LogP contribution in [0.3, 0.4) is 0 Å². The third-order valence-corrected chi connectivity index (χ3v) is 2.89. The summed E-state index contributed by atoms with van der Waals surface area (Å²) in [6.07, 6.45) is 1.96. The highest BCUT2D eigenvalue weighted by Crippen LogP contribution is 2.10. The van der Waals surface area contributed by atoms with Crippen molar-refractivity contribution < 1.29 is 4.74 Å². The van der Waals surface area contributed by atoms with Crippen molar-refractivity contribution in [2.24, 2.45) is 5.92 Å². The molecule has 0 unspecified atom stereocenters. The van der Waals surface area contributed by atoms with Gasteiger partial charge in [-0.3, -0.25) is 0 Å². The van der Waals surface area contributed by atoms with Crippen molar-refractivity contribution in [3.63, 3.8) is 0 Å². The first-order valence-electron chi connectivity index (χ1n) is 6.89. The van der Waals surface area contributed by atoms with E-state index in [1.165, 1.54) is 0 Å². The number of hydrogen-bond acceptors (Lipinski definition) is 4. The molecule has 20 heavy (non-hydrogen) atoms. The smallest absolute Gasteiger partial charge is 0.0969 e. The van der Waals surface area contributed by atoms with Gasteiger partial charge in [0.1, 0.15) is 0 Å². The summed E-state index contributed by atoms with van der Waals surface area (Å²) in [5.74, 6) is 0.635. The Hall–Kier alpha value is -1.72. The van der Waals surface area contributed by atoms with Crippen LogP contribution in [0, 0.1) is 5.92 Å². The first-order chi connectivity index (χ1) is 9.69. The van der Waals surface area contributed by atoms with Crippen molar-refractivity contribution >= 4 is 0 Å². The molecule has 0 saturated carbocycles. The van der Waals surface area contributed by atoms with E-state index >= 15 is 0 Å². The third kappa shape index (κ3) is 4.15. The Kier molecular flexibility index (Phi) is 5.26. The van der Waals surface area contributed by atoms with Gasteiger partial charge in [-0.2, -0.15) is 0 Å². The average Bonchev–Trinajstić information content (AvgIpc) is 2.88. The number of aromatic nitrogens is 3. The molecule has 0 atom stereocenters. The van der Waals surface area contributed by atoms with Crippen LogP contribution >= 0.6 is 0 Å². The van der Waals surface area contributed by atoms with Crippen LogP contribution in [0.2, 0.25) is 0 Å². The number of ether oxygens (including phenoxy) is 1. The van der Waals surface area contributed by atoms with Crippen LogP contribution in [-0.4, -0.2) is 28.6 Å². The van der Waals surface area contributed by atoms with Crippen molar-refractivity contribution in [2.75, 3.05) is 13.7 Å². The van der Waals surface area contributed by atoms with E-state index in [2.05, 4.69) is 35.5 Å². The summed E-state index contributed by atoms with van der Waals surface area (Å²) >= 11 is 0. The van der Waals surface area contributed by atoms with Crippen LogP contribution in [0.5, 0.6) is 0 Å². The molecule has 5 nitrogen and oxygen atoms in total. The molecule has 0 bridgehead atoms. The standard InChI is InChI=1S/C15H22N4O/c1-12(2)8-16-9-14-10-19(18-17-14)15-6-4-5-13(7-15)11-20-3/h4-7,10,12,16H,8-9,11H2,1-3H3. The molecule has 0 amide bonds. The topological polar surface area (TPSA) is 52.0 Å². The lowest BCUT2D eigenvalue weighted by atomic mass is 10.2. The van der Waals surface area contributed by atoms with Gasteiger partial charge in [-0.05, 0) is 30.2 Å². The van der Waals surface area contributed by atoms with Gasteiger partial charge in [0.25, 0.3) is 0 Å². The summed E-state index contributed by atoms with van der Waals surface area (Å²) in [5, 5.41) is 11.7. The zero-order valence-electron chi connectivity index (χ0n) is 12.3. The second kappa shape index (κ2) is 7.17. The fourth-order valence-corrected chi connectivity index (χ4v) is 1.95. The largest absolute Gasteiger partial charge is 0.380 e. The zero-order chi connectivity index (χ0) is 14.4. The monoisotopic (exact) mass is 274 g/mol. The molecule has 1 heterocycles. The van der Waals surface area contributed by atoms with Gasteiger partial charge >= 0.3 is 0 Å². The lowest BCUT2D eigenvalue weighted by Gasteiger charge is -2.05. The first kappa shape index (κ1) is 14.7. The number of methoxy groups -OCH3 is 1. The normalized spacial score (nSPS) is 11.2. The Morgan fingerprint density at radius 2 is 2.20 bits per heavy atom. The molecule has 108 valence electrons. The Labute approximate surface area is 120 Å². The van der Waals surface area contributed by atoms with Crippen LogP contribution in [0.4, 0.5) is 0 Å². The molecule has 0 radical (unpaired) electrons. The molecule has 1 N–H and O–H groups in total. The Morgan fingerprint density at radius 3 is 2.95 bits per heavy atom. The van der Waals surface area contributed by atoms with Gasteiger partial charge in [0.05, 0.1) is 24.2 Å². The van der Waals surface area contributed by atoms with E-state index in [0.717, 1.165) is 30.0 Å². The van der Waals surface area contributed by atoms with E-state index in [1.54, 1.807) is 11.8 Å². The molecule has 5 heteroatoms. The third-order valence-electron chi connectivity index (χ3n) is 2.89. The predicted octanol–water partition coefficient (Wildman–Crippen LogP) is 2.16. The maximum atomic E-state index is 5.14. The molecule has 0 spiro atoms. The van der Waals surface area contributed by atoms with Gasteiger partial charge in [0, 0.05) is 13.7 Å². The van der Waals surface area contributed by atoms with Crippen LogP contribution in [-0.2, 0) is 17.9 Å². The van der Waals surface area contributed by atoms with Gasteiger partial charge < -0.3 is 10.1 Å². The number of rotatable bonds is 7. The molecular formula is C15H22N4O. The maximum Gasteiger partial charge on any atom is 0.0969 e. The molecule has 1 aromatic heterocycles. The van der Waals surface area contributed by atoms with Crippen molar-refractivity contribution in [3.8, 4) is 5.69 Å². The minimum absolute atomic E-state index is 0.603. The van der Waals surface area contributed by atoms with E-state index in [4.69, 9.17) is 4.74 Å². The molecule has 0 aliphatic carbocycles. The number of nitrogens with zero attached hydrogens (tertiary/aromatic N) is 3. The molecule has 2 aromatic rings. The fraction of sp³-hybridized carbons (Fsp3) is 0.467. The van der Waals surface area contributed by atoms with Crippen LogP contribution in [0.15, 0.2) is 30.5 Å². The molecule has 1 aromatic carbocycles. The summed E-state index contributed by atoms with van der Waals surface area (Å²) in [5.41, 5.74) is 3.07. The predicted molar refractivity (Wildman–Crippen MR) is 78.6 cm³/mol. The lowest BCUT2D eigenvalue weighted by Crippen LogP contribution is -2.19. The second-order valence-electron chi connectivity index (χ2n) is 5.28. The van der Waals surface area contributed by atoms with Gasteiger partial charge in [-0.1, -0.05) is 31.2 Å². The minimum atomic E-state index is 0.603. The van der Waals surface area contributed by atoms with E-state index in [9.17, 15) is 0 Å².